The third kappa shape index (κ3) is 4.99. The molecular weight excluding hydrogens is 308 g/mol. The zero-order valence-corrected chi connectivity index (χ0v) is 14.3. The highest BCUT2D eigenvalue weighted by Gasteiger charge is 2.11. The smallest absolute Gasteiger partial charge is 0.234 e. The molecule has 3 rings (SSSR count). The van der Waals surface area contributed by atoms with Crippen LogP contribution in [0.15, 0.2) is 30.3 Å². The number of methoxy groups -OCH3 is 1. The van der Waals surface area contributed by atoms with E-state index in [1.807, 2.05) is 44.2 Å². The van der Waals surface area contributed by atoms with Crippen molar-refractivity contribution in [3.05, 3.63) is 30.3 Å². The van der Waals surface area contributed by atoms with E-state index in [1.165, 1.54) is 0 Å². The predicted octanol–water partition coefficient (Wildman–Crippen LogP) is 1.58. The van der Waals surface area contributed by atoms with Crippen molar-refractivity contribution in [3.63, 3.8) is 0 Å². The molecule has 1 amide bonds. The Labute approximate surface area is 141 Å². The molecule has 0 spiro atoms. The number of carbonyl (C=O) groups is 1. The number of hydrogen-bond acceptors (Lipinski definition) is 5. The normalized spacial score (nSPS) is 16.6. The first-order valence-corrected chi connectivity index (χ1v) is 7.95. The van der Waals surface area contributed by atoms with Gasteiger partial charge in [0.05, 0.1) is 26.0 Å². The zero-order valence-electron chi connectivity index (χ0n) is 14.3. The monoisotopic (exact) mass is 332 g/mol. The van der Waals surface area contributed by atoms with Gasteiger partial charge in [0.25, 0.3) is 0 Å². The molecule has 1 fully saturated rings. The van der Waals surface area contributed by atoms with Crippen LogP contribution in [0.25, 0.3) is 11.3 Å². The Morgan fingerprint density at radius 2 is 2.12 bits per heavy atom. The van der Waals surface area contributed by atoms with Gasteiger partial charge in [0.1, 0.15) is 5.75 Å². The molecule has 1 aromatic carbocycles. The minimum absolute atomic E-state index is 0.101. The fourth-order valence-electron chi connectivity index (χ4n) is 2.31. The van der Waals surface area contributed by atoms with E-state index in [2.05, 4.69) is 20.8 Å². The Morgan fingerprint density at radius 3 is 2.75 bits per heavy atom. The maximum Gasteiger partial charge on any atom is 0.234 e. The number of benzene rings is 1. The second-order valence-corrected chi connectivity index (χ2v) is 5.35. The Kier molecular flexibility index (Phi) is 6.62. The van der Waals surface area contributed by atoms with Crippen LogP contribution in [-0.4, -0.2) is 49.0 Å². The number of nitrogens with one attached hydrogen (secondary N) is 3. The summed E-state index contributed by atoms with van der Waals surface area (Å²) in [6.07, 6.45) is 0. The third-order valence-electron chi connectivity index (χ3n) is 3.39. The molecule has 0 unspecified atom stereocenters. The summed E-state index contributed by atoms with van der Waals surface area (Å²) in [7, 11) is 1.65. The van der Waals surface area contributed by atoms with Gasteiger partial charge in [-0.1, -0.05) is 12.1 Å². The summed E-state index contributed by atoms with van der Waals surface area (Å²) in [5.41, 5.74) is 1.87. The van der Waals surface area contributed by atoms with Crippen molar-refractivity contribution in [2.75, 3.05) is 26.8 Å². The van der Waals surface area contributed by atoms with Crippen LogP contribution in [0.4, 0.5) is 0 Å². The Bertz CT molecular complexity index is 657. The van der Waals surface area contributed by atoms with Crippen LogP contribution in [0.5, 0.6) is 11.6 Å². The number of amides is 1. The van der Waals surface area contributed by atoms with Crippen LogP contribution in [0.2, 0.25) is 0 Å². The molecule has 1 aliphatic rings. The highest BCUT2D eigenvalue weighted by molar-refractivity contribution is 5.79. The lowest BCUT2D eigenvalue weighted by molar-refractivity contribution is -0.121. The van der Waals surface area contributed by atoms with E-state index in [9.17, 15) is 4.79 Å². The summed E-state index contributed by atoms with van der Waals surface area (Å²) in [4.78, 5) is 10.5. The summed E-state index contributed by atoms with van der Waals surface area (Å²) in [6, 6.07) is 9.94. The number of carbonyl (C=O) groups excluding carboxylic acids is 1. The van der Waals surface area contributed by atoms with E-state index >= 15 is 0 Å². The molecule has 2 aromatic rings. The minimum atomic E-state index is 0.101. The number of nitrogens with zero attached hydrogens (tertiary/aromatic N) is 1. The fourth-order valence-corrected chi connectivity index (χ4v) is 2.31. The molecule has 7 nitrogen and oxygen atoms in total. The van der Waals surface area contributed by atoms with Crippen LogP contribution in [0.1, 0.15) is 13.8 Å². The van der Waals surface area contributed by atoms with Crippen molar-refractivity contribution in [2.24, 2.45) is 0 Å². The molecule has 24 heavy (non-hydrogen) atoms. The van der Waals surface area contributed by atoms with Gasteiger partial charge in [0, 0.05) is 24.2 Å². The molecule has 0 saturated carbocycles. The number of aromatic nitrogens is 2. The van der Waals surface area contributed by atoms with Crippen LogP contribution < -0.4 is 20.1 Å². The molecule has 1 aliphatic heterocycles. The maximum atomic E-state index is 10.5. The van der Waals surface area contributed by atoms with E-state index < -0.39 is 0 Å². The van der Waals surface area contributed by atoms with Gasteiger partial charge in [0.2, 0.25) is 11.8 Å². The van der Waals surface area contributed by atoms with Gasteiger partial charge in [-0.05, 0) is 26.0 Å². The van der Waals surface area contributed by atoms with E-state index in [-0.39, 0.29) is 5.91 Å². The molecule has 2 heterocycles. The molecule has 3 N–H and O–H groups in total. The molecule has 130 valence electrons. The lowest BCUT2D eigenvalue weighted by Gasteiger charge is -2.19. The van der Waals surface area contributed by atoms with Crippen molar-refractivity contribution in [1.29, 1.82) is 0 Å². The fraction of sp³-hybridized carbons (Fsp3) is 0.412. The molecule has 0 bridgehead atoms. The lowest BCUT2D eigenvalue weighted by atomic mass is 10.1. The van der Waals surface area contributed by atoms with Crippen LogP contribution in [0.3, 0.4) is 0 Å². The van der Waals surface area contributed by atoms with Crippen LogP contribution in [-0.2, 0) is 4.79 Å². The molecule has 1 aromatic heterocycles. The summed E-state index contributed by atoms with van der Waals surface area (Å²) in [5, 5.41) is 12.7. The largest absolute Gasteiger partial charge is 0.496 e. The minimum Gasteiger partial charge on any atom is -0.496 e. The third-order valence-corrected chi connectivity index (χ3v) is 3.39. The maximum absolute atomic E-state index is 10.5. The van der Waals surface area contributed by atoms with Gasteiger partial charge < -0.3 is 20.1 Å². The van der Waals surface area contributed by atoms with Gasteiger partial charge in [-0.25, -0.2) is 0 Å². The molecule has 7 heteroatoms. The van der Waals surface area contributed by atoms with Gasteiger partial charge in [-0.15, -0.1) is 5.10 Å². The number of rotatable bonds is 4. The second kappa shape index (κ2) is 8.93. The van der Waals surface area contributed by atoms with E-state index in [4.69, 9.17) is 9.47 Å². The van der Waals surface area contributed by atoms with Gasteiger partial charge in [-0.3, -0.25) is 9.89 Å². The Balaban J connectivity index is 0.000000219. The van der Waals surface area contributed by atoms with Crippen molar-refractivity contribution >= 4 is 5.91 Å². The SMILES string of the molecule is CCOc1cc(-c2ccccc2OC)[nH]n1.C[C@@H]1CNCC(=O)N1. The van der Waals surface area contributed by atoms with Crippen molar-refractivity contribution in [3.8, 4) is 22.9 Å². The number of para-hydroxylation sites is 1. The second-order valence-electron chi connectivity index (χ2n) is 5.35. The summed E-state index contributed by atoms with van der Waals surface area (Å²) < 4.78 is 10.6. The Hall–Kier alpha value is -2.54. The summed E-state index contributed by atoms with van der Waals surface area (Å²) >= 11 is 0. The molecular formula is C17H24N4O3. The number of H-pyrrole nitrogens is 1. The average molecular weight is 332 g/mol. The average Bonchev–Trinajstić information content (AvgIpc) is 3.04. The highest BCUT2D eigenvalue weighted by atomic mass is 16.5. The molecule has 1 atom stereocenters. The van der Waals surface area contributed by atoms with Crippen LogP contribution >= 0.6 is 0 Å². The van der Waals surface area contributed by atoms with E-state index in [0.29, 0.717) is 25.1 Å². The van der Waals surface area contributed by atoms with E-state index in [1.54, 1.807) is 7.11 Å². The first-order valence-electron chi connectivity index (χ1n) is 7.95. The molecule has 0 aliphatic carbocycles. The number of hydrogen-bond donors (Lipinski definition) is 3. The standard InChI is InChI=1S/C12H14N2O2.C5H10N2O/c1-3-16-12-8-10(13-14-12)9-6-4-5-7-11(9)15-2;1-4-2-6-3-5(8)7-4/h4-8H,3H2,1-2H3,(H,13,14);4,6H,2-3H2,1H3,(H,7,8)/t;4-/m.1/s1. The van der Waals surface area contributed by atoms with Gasteiger partial charge in [-0.2, -0.15) is 0 Å². The Morgan fingerprint density at radius 1 is 1.33 bits per heavy atom. The van der Waals surface area contributed by atoms with Crippen molar-refractivity contribution < 1.29 is 14.3 Å². The zero-order chi connectivity index (χ0) is 17.4. The first kappa shape index (κ1) is 17.8. The summed E-state index contributed by atoms with van der Waals surface area (Å²) in [5.74, 6) is 1.52. The summed E-state index contributed by atoms with van der Waals surface area (Å²) in [6.45, 7) is 5.88. The number of ether oxygens (including phenoxy) is 2. The first-order chi connectivity index (χ1) is 11.6. The molecule has 1 saturated heterocycles. The highest BCUT2D eigenvalue weighted by Crippen LogP contribution is 2.29. The topological polar surface area (TPSA) is 88.3 Å². The predicted molar refractivity (Wildman–Crippen MR) is 92.2 cm³/mol. The van der Waals surface area contributed by atoms with Crippen LogP contribution in [0, 0.1) is 0 Å². The van der Waals surface area contributed by atoms with Crippen molar-refractivity contribution in [2.45, 2.75) is 19.9 Å². The van der Waals surface area contributed by atoms with Gasteiger partial charge >= 0.3 is 0 Å². The quantitative estimate of drug-likeness (QED) is 0.791. The van der Waals surface area contributed by atoms with Gasteiger partial charge in [0.15, 0.2) is 0 Å². The molecule has 0 radical (unpaired) electrons. The lowest BCUT2D eigenvalue weighted by Crippen LogP contribution is -2.50. The van der Waals surface area contributed by atoms with Crippen molar-refractivity contribution in [1.82, 2.24) is 20.8 Å². The number of aromatic amines is 1. The van der Waals surface area contributed by atoms with E-state index in [0.717, 1.165) is 23.6 Å². The number of piperazine rings is 1.